The average molecular weight is 390 g/mol. The van der Waals surface area contributed by atoms with Crippen molar-refractivity contribution >= 4 is 48.1 Å². The fraction of sp³-hybridized carbons (Fsp3) is 0.176. The molecule has 0 amide bonds. The third-order valence-corrected chi connectivity index (χ3v) is 5.86. The number of hydrogen-bond donors (Lipinski definition) is 2. The summed E-state index contributed by atoms with van der Waals surface area (Å²) in [5.41, 5.74) is 6.14. The normalized spacial score (nSPS) is 14.9. The van der Waals surface area contributed by atoms with Gasteiger partial charge in [0, 0.05) is 0 Å². The molecule has 3 rings (SSSR count). The van der Waals surface area contributed by atoms with Crippen molar-refractivity contribution < 1.29 is 4.74 Å². The van der Waals surface area contributed by atoms with Gasteiger partial charge in [-0.25, -0.2) is 0 Å². The molecule has 0 unspecified atom stereocenters. The first-order valence-corrected chi connectivity index (χ1v) is 9.73. The van der Waals surface area contributed by atoms with Crippen molar-refractivity contribution in [1.82, 2.24) is 5.43 Å². The van der Waals surface area contributed by atoms with E-state index in [0.717, 1.165) is 23.6 Å². The molecular formula is C17H17N3OSSe. The second-order valence-electron chi connectivity index (χ2n) is 4.95. The number of benzene rings is 2. The van der Waals surface area contributed by atoms with Crippen LogP contribution < -0.4 is 19.9 Å². The van der Waals surface area contributed by atoms with Gasteiger partial charge in [0.15, 0.2) is 0 Å². The molecule has 118 valence electrons. The summed E-state index contributed by atoms with van der Waals surface area (Å²) in [5.74, 6) is 0.785. The Morgan fingerprint density at radius 2 is 2.09 bits per heavy atom. The van der Waals surface area contributed by atoms with Gasteiger partial charge >= 0.3 is 147 Å². The summed E-state index contributed by atoms with van der Waals surface area (Å²) < 4.78 is 6.62. The number of fused-ring (bicyclic) bond motifs is 1. The summed E-state index contributed by atoms with van der Waals surface area (Å²) in [5, 5.41) is 9.27. The van der Waals surface area contributed by atoms with Crippen LogP contribution in [0.3, 0.4) is 0 Å². The second kappa shape index (κ2) is 7.59. The quantitative estimate of drug-likeness (QED) is 0.480. The molecule has 0 saturated heterocycles. The van der Waals surface area contributed by atoms with Crippen molar-refractivity contribution in [2.75, 3.05) is 12.4 Å². The predicted molar refractivity (Wildman–Crippen MR) is 100 cm³/mol. The van der Waals surface area contributed by atoms with E-state index >= 15 is 0 Å². The molecule has 1 heterocycles. The van der Waals surface area contributed by atoms with Crippen LogP contribution in [0.1, 0.15) is 12.0 Å². The van der Waals surface area contributed by atoms with Crippen LogP contribution in [0.5, 0.6) is 5.75 Å². The van der Waals surface area contributed by atoms with Gasteiger partial charge in [0.2, 0.25) is 0 Å². The third-order valence-electron chi connectivity index (χ3n) is 3.41. The van der Waals surface area contributed by atoms with Crippen molar-refractivity contribution in [3.8, 4) is 5.75 Å². The van der Waals surface area contributed by atoms with Crippen LogP contribution in [0.15, 0.2) is 53.6 Å². The number of hydrazone groups is 1. The van der Waals surface area contributed by atoms with Crippen LogP contribution in [-0.4, -0.2) is 32.9 Å². The van der Waals surface area contributed by atoms with Gasteiger partial charge in [0.25, 0.3) is 0 Å². The average Bonchev–Trinajstić information content (AvgIpc) is 2.60. The predicted octanol–water partition coefficient (Wildman–Crippen LogP) is 2.54. The maximum absolute atomic E-state index is 5.32. The number of hydrogen-bond acceptors (Lipinski definition) is 3. The monoisotopic (exact) mass is 391 g/mol. The van der Waals surface area contributed by atoms with E-state index in [1.165, 1.54) is 15.3 Å². The summed E-state index contributed by atoms with van der Waals surface area (Å²) >= 11 is 5.87. The minimum absolute atomic E-state index is 0.472. The molecule has 0 atom stereocenters. The van der Waals surface area contributed by atoms with Gasteiger partial charge in [-0.3, -0.25) is 0 Å². The molecule has 2 aromatic carbocycles. The van der Waals surface area contributed by atoms with E-state index in [1.54, 1.807) is 7.11 Å². The molecule has 6 heteroatoms. The Labute approximate surface area is 147 Å². The summed E-state index contributed by atoms with van der Waals surface area (Å²) in [4.78, 5) is 0. The summed E-state index contributed by atoms with van der Waals surface area (Å²) in [6.07, 6.45) is 0.992. The summed E-state index contributed by atoms with van der Waals surface area (Å²) in [6, 6.07) is 16.1. The van der Waals surface area contributed by atoms with E-state index in [2.05, 4.69) is 40.1 Å². The zero-order chi connectivity index (χ0) is 16.1. The van der Waals surface area contributed by atoms with E-state index in [1.807, 2.05) is 24.3 Å². The maximum atomic E-state index is 5.32. The summed E-state index contributed by atoms with van der Waals surface area (Å²) in [7, 11) is 1.64. The number of methoxy groups -OCH3 is 1. The van der Waals surface area contributed by atoms with E-state index in [0.29, 0.717) is 20.1 Å². The summed E-state index contributed by atoms with van der Waals surface area (Å²) in [6.45, 7) is 0. The first-order chi connectivity index (χ1) is 11.3. The molecule has 0 saturated carbocycles. The number of nitrogens with one attached hydrogen (secondary N) is 2. The van der Waals surface area contributed by atoms with Crippen LogP contribution in [-0.2, 0) is 0 Å². The molecule has 2 aromatic rings. The fourth-order valence-electron chi connectivity index (χ4n) is 2.32. The van der Waals surface area contributed by atoms with Crippen LogP contribution in [0.2, 0.25) is 5.32 Å². The molecule has 0 bridgehead atoms. The molecule has 2 N–H and O–H groups in total. The number of rotatable bonds is 3. The van der Waals surface area contributed by atoms with Crippen molar-refractivity contribution in [2.45, 2.75) is 11.7 Å². The molecule has 0 spiro atoms. The third kappa shape index (κ3) is 4.10. The first-order valence-electron chi connectivity index (χ1n) is 7.26. The molecule has 4 nitrogen and oxygen atoms in total. The van der Waals surface area contributed by atoms with E-state index in [4.69, 9.17) is 17.0 Å². The van der Waals surface area contributed by atoms with Crippen molar-refractivity contribution in [3.05, 3.63) is 54.1 Å². The van der Waals surface area contributed by atoms with Gasteiger partial charge in [-0.1, -0.05) is 0 Å². The second-order valence-corrected chi connectivity index (χ2v) is 7.74. The zero-order valence-electron chi connectivity index (χ0n) is 12.7. The molecule has 23 heavy (non-hydrogen) atoms. The van der Waals surface area contributed by atoms with Crippen LogP contribution in [0.25, 0.3) is 0 Å². The Balaban J connectivity index is 1.67. The van der Waals surface area contributed by atoms with Gasteiger partial charge in [-0.05, 0) is 0 Å². The Kier molecular flexibility index (Phi) is 5.28. The standard InChI is InChI=1S/C17H17N3OSSe/c1-21-13-6-4-5-12(11-13)18-17(22)20-19-15-9-10-23-16-8-3-2-7-14(15)16/h2-8,11H,9-10H2,1H3,(H2,18,20,22)/b19-15+. The minimum atomic E-state index is 0.472. The van der Waals surface area contributed by atoms with E-state index < -0.39 is 0 Å². The van der Waals surface area contributed by atoms with Crippen LogP contribution in [0, 0.1) is 0 Å². The number of thiocarbonyl (C=S) groups is 1. The van der Waals surface area contributed by atoms with Crippen molar-refractivity contribution in [2.24, 2.45) is 5.10 Å². The SMILES string of the molecule is COc1cccc(NC(=S)N/N=C2\CC[Se]c3ccccc32)c1. The van der Waals surface area contributed by atoms with Gasteiger partial charge in [0.1, 0.15) is 0 Å². The van der Waals surface area contributed by atoms with Crippen LogP contribution in [0.4, 0.5) is 5.69 Å². The van der Waals surface area contributed by atoms with Crippen LogP contribution >= 0.6 is 12.2 Å². The topological polar surface area (TPSA) is 45.6 Å². The van der Waals surface area contributed by atoms with Crippen molar-refractivity contribution in [3.63, 3.8) is 0 Å². The Hall–Kier alpha value is -1.88. The molecule has 0 aliphatic carbocycles. The van der Waals surface area contributed by atoms with Gasteiger partial charge in [-0.2, -0.15) is 0 Å². The molecule has 0 radical (unpaired) electrons. The van der Waals surface area contributed by atoms with Crippen molar-refractivity contribution in [1.29, 1.82) is 0 Å². The molecule has 1 aliphatic rings. The molecule has 0 fully saturated rings. The van der Waals surface area contributed by atoms with E-state index in [-0.39, 0.29) is 0 Å². The molecule has 0 aromatic heterocycles. The Bertz CT molecular complexity index is 748. The number of nitrogens with zero attached hydrogens (tertiary/aromatic N) is 1. The Morgan fingerprint density at radius 1 is 1.22 bits per heavy atom. The zero-order valence-corrected chi connectivity index (χ0v) is 15.2. The number of ether oxygens (including phenoxy) is 1. The van der Waals surface area contributed by atoms with Gasteiger partial charge in [0.05, 0.1) is 0 Å². The van der Waals surface area contributed by atoms with E-state index in [9.17, 15) is 0 Å². The van der Waals surface area contributed by atoms with Gasteiger partial charge in [-0.15, -0.1) is 0 Å². The number of anilines is 1. The fourth-order valence-corrected chi connectivity index (χ4v) is 4.65. The molecule has 1 aliphatic heterocycles. The Morgan fingerprint density at radius 3 is 2.96 bits per heavy atom. The van der Waals surface area contributed by atoms with Gasteiger partial charge < -0.3 is 0 Å². The molecular weight excluding hydrogens is 373 g/mol. The first kappa shape index (κ1) is 16.0.